The highest BCUT2D eigenvalue weighted by Crippen LogP contribution is 2.27. The van der Waals surface area contributed by atoms with Gasteiger partial charge < -0.3 is 24.7 Å². The average Bonchev–Trinajstić information content (AvgIpc) is 2.81. The Kier molecular flexibility index (Phi) is 7.86. The number of aromatic nitrogens is 1. The minimum Gasteiger partial charge on any atom is -0.493 e. The average molecular weight is 450 g/mol. The summed E-state index contributed by atoms with van der Waals surface area (Å²) in [6.45, 7) is 2.22. The van der Waals surface area contributed by atoms with Crippen molar-refractivity contribution in [2.45, 2.75) is 19.9 Å². The highest BCUT2D eigenvalue weighted by atomic mass is 16.5. The molecule has 0 atom stereocenters. The first-order valence-corrected chi connectivity index (χ1v) is 10.5. The monoisotopic (exact) mass is 449 g/mol. The van der Waals surface area contributed by atoms with E-state index in [1.807, 2.05) is 25.1 Å². The molecule has 8 heteroatoms. The molecule has 0 fully saturated rings. The zero-order chi connectivity index (χ0) is 23.8. The SMILES string of the molecule is COc1ccc(CCNC(=O)c2ccc(NC(=O)Cn3cc(C)ccc3=O)cc2)cc1OC. The number of carbonyl (C=O) groups is 2. The summed E-state index contributed by atoms with van der Waals surface area (Å²) in [5.41, 5.74) is 2.69. The molecule has 0 radical (unpaired) electrons. The Morgan fingerprint density at radius 1 is 0.939 bits per heavy atom. The number of rotatable bonds is 9. The van der Waals surface area contributed by atoms with Crippen molar-refractivity contribution < 1.29 is 19.1 Å². The van der Waals surface area contributed by atoms with Crippen LogP contribution in [-0.2, 0) is 17.8 Å². The number of benzene rings is 2. The van der Waals surface area contributed by atoms with E-state index in [0.29, 0.717) is 35.7 Å². The number of nitrogens with zero attached hydrogens (tertiary/aromatic N) is 1. The molecular weight excluding hydrogens is 422 g/mol. The van der Waals surface area contributed by atoms with Crippen LogP contribution < -0.4 is 25.7 Å². The van der Waals surface area contributed by atoms with Crippen molar-refractivity contribution in [3.8, 4) is 11.5 Å². The second-order valence-electron chi connectivity index (χ2n) is 7.49. The zero-order valence-electron chi connectivity index (χ0n) is 18.9. The Morgan fingerprint density at radius 2 is 1.67 bits per heavy atom. The van der Waals surface area contributed by atoms with Crippen LogP contribution in [0.2, 0.25) is 0 Å². The summed E-state index contributed by atoms with van der Waals surface area (Å²) in [5.74, 6) is 0.768. The van der Waals surface area contributed by atoms with Crippen LogP contribution in [0.15, 0.2) is 65.6 Å². The molecule has 0 aliphatic heterocycles. The van der Waals surface area contributed by atoms with Gasteiger partial charge in [-0.1, -0.05) is 12.1 Å². The van der Waals surface area contributed by atoms with Gasteiger partial charge in [-0.3, -0.25) is 14.4 Å². The molecule has 3 aromatic rings. The summed E-state index contributed by atoms with van der Waals surface area (Å²) in [4.78, 5) is 36.5. The normalized spacial score (nSPS) is 10.4. The Balaban J connectivity index is 1.51. The third-order valence-corrected chi connectivity index (χ3v) is 5.02. The summed E-state index contributed by atoms with van der Waals surface area (Å²) < 4.78 is 11.9. The maximum absolute atomic E-state index is 12.4. The van der Waals surface area contributed by atoms with Gasteiger partial charge in [0.15, 0.2) is 11.5 Å². The van der Waals surface area contributed by atoms with Crippen LogP contribution in [-0.4, -0.2) is 37.1 Å². The highest BCUT2D eigenvalue weighted by molar-refractivity contribution is 5.95. The van der Waals surface area contributed by atoms with Crippen LogP contribution in [0.5, 0.6) is 11.5 Å². The molecule has 0 aliphatic carbocycles. The third-order valence-electron chi connectivity index (χ3n) is 5.02. The van der Waals surface area contributed by atoms with Crippen molar-refractivity contribution in [2.75, 3.05) is 26.1 Å². The fraction of sp³-hybridized carbons (Fsp3) is 0.240. The number of ether oxygens (including phenoxy) is 2. The van der Waals surface area contributed by atoms with Crippen LogP contribution in [0.25, 0.3) is 0 Å². The molecule has 0 aliphatic rings. The lowest BCUT2D eigenvalue weighted by molar-refractivity contribution is -0.116. The van der Waals surface area contributed by atoms with E-state index in [0.717, 1.165) is 11.1 Å². The minimum absolute atomic E-state index is 0.0844. The van der Waals surface area contributed by atoms with Crippen LogP contribution in [0, 0.1) is 6.92 Å². The standard InChI is InChI=1S/C25H27N3O5/c1-17-4-11-24(30)28(15-17)16-23(29)27-20-8-6-19(7-9-20)25(31)26-13-12-18-5-10-21(32-2)22(14-18)33-3/h4-11,14-15H,12-13,16H2,1-3H3,(H,26,31)(H,27,29). The van der Waals surface area contributed by atoms with E-state index in [2.05, 4.69) is 10.6 Å². The van der Waals surface area contributed by atoms with Gasteiger partial charge >= 0.3 is 0 Å². The minimum atomic E-state index is -0.324. The number of hydrogen-bond donors (Lipinski definition) is 2. The molecule has 0 bridgehead atoms. The van der Waals surface area contributed by atoms with Crippen molar-refractivity contribution >= 4 is 17.5 Å². The molecule has 172 valence electrons. The quantitative estimate of drug-likeness (QED) is 0.524. The maximum atomic E-state index is 12.4. The molecule has 0 unspecified atom stereocenters. The first-order chi connectivity index (χ1) is 15.9. The second kappa shape index (κ2) is 11.0. The molecule has 0 saturated heterocycles. The highest BCUT2D eigenvalue weighted by Gasteiger charge is 2.09. The van der Waals surface area contributed by atoms with Gasteiger partial charge in [-0.25, -0.2) is 0 Å². The van der Waals surface area contributed by atoms with Gasteiger partial charge in [0.1, 0.15) is 6.54 Å². The molecule has 3 rings (SSSR count). The predicted molar refractivity (Wildman–Crippen MR) is 126 cm³/mol. The van der Waals surface area contributed by atoms with Crippen LogP contribution in [0.4, 0.5) is 5.69 Å². The van der Waals surface area contributed by atoms with Gasteiger partial charge in [-0.15, -0.1) is 0 Å². The number of nitrogens with one attached hydrogen (secondary N) is 2. The summed E-state index contributed by atoms with van der Waals surface area (Å²) in [6, 6.07) is 15.4. The fourth-order valence-corrected chi connectivity index (χ4v) is 3.29. The lowest BCUT2D eigenvalue weighted by atomic mass is 10.1. The molecule has 1 heterocycles. The van der Waals surface area contributed by atoms with Crippen molar-refractivity contribution in [3.63, 3.8) is 0 Å². The van der Waals surface area contributed by atoms with Crippen LogP contribution in [0.1, 0.15) is 21.5 Å². The molecule has 0 spiro atoms. The molecule has 2 aromatic carbocycles. The summed E-state index contributed by atoms with van der Waals surface area (Å²) in [6.07, 6.45) is 2.27. The van der Waals surface area contributed by atoms with Gasteiger partial charge in [0.2, 0.25) is 5.91 Å². The molecule has 2 amide bonds. The topological polar surface area (TPSA) is 98.7 Å². The molecule has 2 N–H and O–H groups in total. The molecule has 33 heavy (non-hydrogen) atoms. The van der Waals surface area contributed by atoms with Crippen molar-refractivity contribution in [3.05, 3.63) is 87.8 Å². The molecular formula is C25H27N3O5. The predicted octanol–water partition coefficient (Wildman–Crippen LogP) is 2.79. The Morgan fingerprint density at radius 3 is 2.36 bits per heavy atom. The van der Waals surface area contributed by atoms with Crippen molar-refractivity contribution in [1.29, 1.82) is 0 Å². The largest absolute Gasteiger partial charge is 0.493 e. The molecule has 0 saturated carbocycles. The zero-order valence-corrected chi connectivity index (χ0v) is 18.9. The number of anilines is 1. The van der Waals surface area contributed by atoms with E-state index in [4.69, 9.17) is 9.47 Å². The van der Waals surface area contributed by atoms with Gasteiger partial charge in [0.25, 0.3) is 11.5 Å². The maximum Gasteiger partial charge on any atom is 0.251 e. The summed E-state index contributed by atoms with van der Waals surface area (Å²) in [7, 11) is 3.16. The van der Waals surface area contributed by atoms with E-state index in [1.165, 1.54) is 10.6 Å². The van der Waals surface area contributed by atoms with Crippen LogP contribution >= 0.6 is 0 Å². The number of amides is 2. The number of methoxy groups -OCH3 is 2. The first-order valence-electron chi connectivity index (χ1n) is 10.5. The first kappa shape index (κ1) is 23.6. The van der Waals surface area contributed by atoms with E-state index in [-0.39, 0.29) is 23.9 Å². The Labute approximate surface area is 192 Å². The number of aryl methyl sites for hydroxylation is 1. The van der Waals surface area contributed by atoms with E-state index >= 15 is 0 Å². The third kappa shape index (κ3) is 6.46. The molecule has 1 aromatic heterocycles. The Hall–Kier alpha value is -4.07. The number of carbonyl (C=O) groups excluding carboxylic acids is 2. The second-order valence-corrected chi connectivity index (χ2v) is 7.49. The van der Waals surface area contributed by atoms with Gasteiger partial charge in [-0.05, 0) is 60.9 Å². The van der Waals surface area contributed by atoms with Crippen molar-refractivity contribution in [1.82, 2.24) is 9.88 Å². The van der Waals surface area contributed by atoms with E-state index in [9.17, 15) is 14.4 Å². The lowest BCUT2D eigenvalue weighted by Gasteiger charge is -2.11. The lowest BCUT2D eigenvalue weighted by Crippen LogP contribution is -2.27. The summed E-state index contributed by atoms with van der Waals surface area (Å²) in [5, 5.41) is 5.62. The molecule has 8 nitrogen and oxygen atoms in total. The number of hydrogen-bond acceptors (Lipinski definition) is 5. The Bertz CT molecular complexity index is 1190. The van der Waals surface area contributed by atoms with Crippen molar-refractivity contribution in [2.24, 2.45) is 0 Å². The smallest absolute Gasteiger partial charge is 0.251 e. The summed E-state index contributed by atoms with van der Waals surface area (Å²) >= 11 is 0. The fourth-order valence-electron chi connectivity index (χ4n) is 3.29. The number of pyridine rings is 1. The van der Waals surface area contributed by atoms with Crippen LogP contribution in [0.3, 0.4) is 0 Å². The van der Waals surface area contributed by atoms with Gasteiger partial charge in [-0.2, -0.15) is 0 Å². The van der Waals surface area contributed by atoms with Gasteiger partial charge in [0, 0.05) is 30.1 Å². The van der Waals surface area contributed by atoms with E-state index in [1.54, 1.807) is 50.7 Å². The van der Waals surface area contributed by atoms with Gasteiger partial charge in [0.05, 0.1) is 14.2 Å². The van der Waals surface area contributed by atoms with E-state index < -0.39 is 0 Å².